The van der Waals surface area contributed by atoms with E-state index in [1.165, 1.54) is 4.31 Å². The van der Waals surface area contributed by atoms with Gasteiger partial charge in [0.15, 0.2) is 0 Å². The average molecular weight is 395 g/mol. The van der Waals surface area contributed by atoms with Crippen molar-refractivity contribution in [3.05, 3.63) is 29.3 Å². The lowest BCUT2D eigenvalue weighted by Crippen LogP contribution is -2.48. The Morgan fingerprint density at radius 3 is 2.81 bits per heavy atom. The summed E-state index contributed by atoms with van der Waals surface area (Å²) in [6.45, 7) is 8.48. The highest BCUT2D eigenvalue weighted by molar-refractivity contribution is 7.89. The van der Waals surface area contributed by atoms with Gasteiger partial charge in [-0.25, -0.2) is 12.7 Å². The predicted molar refractivity (Wildman–Crippen MR) is 105 cm³/mol. The van der Waals surface area contributed by atoms with E-state index in [1.54, 1.807) is 6.92 Å². The van der Waals surface area contributed by atoms with Gasteiger partial charge in [0.05, 0.1) is 17.7 Å². The van der Waals surface area contributed by atoms with Crippen LogP contribution >= 0.6 is 0 Å². The lowest BCUT2D eigenvalue weighted by molar-refractivity contribution is -0.127. The monoisotopic (exact) mass is 394 g/mol. The topological polar surface area (TPSA) is 75.7 Å². The SMILES string of the molecule is CCS(=O)(=O)N1CCC[C@H](C(=O)N[C@@H]2CC(C)(C)Oc3cc(C)ccc32)C1. The number of rotatable bonds is 4. The lowest BCUT2D eigenvalue weighted by atomic mass is 9.88. The molecule has 0 bridgehead atoms. The number of sulfonamides is 1. The number of nitrogens with zero attached hydrogens (tertiary/aromatic N) is 1. The van der Waals surface area contributed by atoms with E-state index in [2.05, 4.69) is 5.32 Å². The van der Waals surface area contributed by atoms with Crippen molar-refractivity contribution in [3.63, 3.8) is 0 Å². The largest absolute Gasteiger partial charge is 0.487 e. The van der Waals surface area contributed by atoms with Crippen LogP contribution in [0.5, 0.6) is 5.75 Å². The lowest BCUT2D eigenvalue weighted by Gasteiger charge is -2.39. The minimum atomic E-state index is -3.26. The number of piperidine rings is 1. The van der Waals surface area contributed by atoms with Crippen molar-refractivity contribution in [1.29, 1.82) is 0 Å². The molecule has 6 nitrogen and oxygen atoms in total. The van der Waals surface area contributed by atoms with Crippen LogP contribution in [0, 0.1) is 12.8 Å². The Morgan fingerprint density at radius 1 is 1.37 bits per heavy atom. The zero-order valence-electron chi connectivity index (χ0n) is 16.6. The minimum Gasteiger partial charge on any atom is -0.487 e. The summed E-state index contributed by atoms with van der Waals surface area (Å²) in [6.07, 6.45) is 2.11. The van der Waals surface area contributed by atoms with Gasteiger partial charge in [0, 0.05) is 25.1 Å². The smallest absolute Gasteiger partial charge is 0.224 e. The Kier molecular flexibility index (Phi) is 5.54. The second-order valence-corrected chi connectivity index (χ2v) is 10.5. The predicted octanol–water partition coefficient (Wildman–Crippen LogP) is 2.78. The fourth-order valence-electron chi connectivity index (χ4n) is 3.97. The molecule has 27 heavy (non-hydrogen) atoms. The van der Waals surface area contributed by atoms with Crippen molar-refractivity contribution in [2.45, 2.75) is 58.6 Å². The number of ether oxygens (including phenoxy) is 1. The molecule has 7 heteroatoms. The van der Waals surface area contributed by atoms with Crippen LogP contribution < -0.4 is 10.1 Å². The molecule has 1 aromatic rings. The molecular weight excluding hydrogens is 364 g/mol. The van der Waals surface area contributed by atoms with Crippen molar-refractivity contribution in [2.24, 2.45) is 5.92 Å². The standard InChI is InChI=1S/C20H30N2O4S/c1-5-27(24,25)22-10-6-7-15(13-22)19(23)21-17-12-20(3,4)26-18-11-14(2)8-9-16(17)18/h8-9,11,15,17H,5-7,10,12-13H2,1-4H3,(H,21,23)/t15-,17+/m0/s1. The first kappa shape index (κ1) is 20.1. The van der Waals surface area contributed by atoms with Crippen molar-refractivity contribution in [1.82, 2.24) is 9.62 Å². The molecular formula is C20H30N2O4S. The van der Waals surface area contributed by atoms with Gasteiger partial charge in [-0.15, -0.1) is 0 Å². The van der Waals surface area contributed by atoms with Crippen LogP contribution in [0.4, 0.5) is 0 Å². The van der Waals surface area contributed by atoms with Gasteiger partial charge in [-0.2, -0.15) is 0 Å². The van der Waals surface area contributed by atoms with Crippen molar-refractivity contribution in [2.75, 3.05) is 18.8 Å². The molecule has 2 atom stereocenters. The van der Waals surface area contributed by atoms with Crippen LogP contribution in [0.3, 0.4) is 0 Å². The first-order valence-corrected chi connectivity index (χ1v) is 11.3. The van der Waals surface area contributed by atoms with E-state index in [0.29, 0.717) is 19.4 Å². The average Bonchev–Trinajstić information content (AvgIpc) is 2.60. The number of carbonyl (C=O) groups excluding carboxylic acids is 1. The number of carbonyl (C=O) groups is 1. The summed E-state index contributed by atoms with van der Waals surface area (Å²) in [6, 6.07) is 5.91. The molecule has 1 saturated heterocycles. The first-order chi connectivity index (χ1) is 12.6. The maximum atomic E-state index is 12.9. The van der Waals surface area contributed by atoms with Crippen molar-refractivity contribution >= 4 is 15.9 Å². The van der Waals surface area contributed by atoms with E-state index in [-0.39, 0.29) is 35.8 Å². The molecule has 2 aliphatic heterocycles. The van der Waals surface area contributed by atoms with E-state index >= 15 is 0 Å². The van der Waals surface area contributed by atoms with Gasteiger partial charge >= 0.3 is 0 Å². The molecule has 0 aliphatic carbocycles. The quantitative estimate of drug-likeness (QED) is 0.852. The molecule has 1 fully saturated rings. The van der Waals surface area contributed by atoms with Gasteiger partial charge in [0.2, 0.25) is 15.9 Å². The number of nitrogens with one attached hydrogen (secondary N) is 1. The Hall–Kier alpha value is -1.60. The first-order valence-electron chi connectivity index (χ1n) is 9.69. The van der Waals surface area contributed by atoms with Crippen molar-refractivity contribution < 1.29 is 17.9 Å². The molecule has 0 unspecified atom stereocenters. The summed E-state index contributed by atoms with van der Waals surface area (Å²) >= 11 is 0. The molecule has 0 aromatic heterocycles. The number of benzene rings is 1. The van der Waals surface area contributed by atoms with Crippen LogP contribution in [0.1, 0.15) is 57.2 Å². The number of amides is 1. The molecule has 1 amide bonds. The second kappa shape index (κ2) is 7.43. The fraction of sp³-hybridized carbons (Fsp3) is 0.650. The molecule has 0 radical (unpaired) electrons. The number of aryl methyl sites for hydroxylation is 1. The van der Waals surface area contributed by atoms with Gasteiger partial charge < -0.3 is 10.1 Å². The molecule has 2 heterocycles. The highest BCUT2D eigenvalue weighted by Crippen LogP contribution is 2.40. The fourth-order valence-corrected chi connectivity index (χ4v) is 5.15. The Bertz CT molecular complexity index is 819. The molecule has 0 spiro atoms. The molecule has 1 aromatic carbocycles. The Balaban J connectivity index is 1.76. The third-order valence-corrected chi connectivity index (χ3v) is 7.30. The maximum Gasteiger partial charge on any atom is 0.224 e. The van der Waals surface area contributed by atoms with Gasteiger partial charge in [0.1, 0.15) is 11.4 Å². The summed E-state index contributed by atoms with van der Waals surface area (Å²) in [7, 11) is -3.26. The Morgan fingerprint density at radius 2 is 2.11 bits per heavy atom. The van der Waals surface area contributed by atoms with Gasteiger partial charge in [-0.1, -0.05) is 12.1 Å². The van der Waals surface area contributed by atoms with E-state index < -0.39 is 10.0 Å². The Labute approximate surface area is 162 Å². The van der Waals surface area contributed by atoms with Crippen LogP contribution in [0.15, 0.2) is 18.2 Å². The minimum absolute atomic E-state index is 0.0692. The van der Waals surface area contributed by atoms with E-state index in [1.807, 2.05) is 39.0 Å². The van der Waals surface area contributed by atoms with E-state index in [9.17, 15) is 13.2 Å². The van der Waals surface area contributed by atoms with Crippen LogP contribution in [-0.2, 0) is 14.8 Å². The zero-order chi connectivity index (χ0) is 19.8. The third kappa shape index (κ3) is 4.46. The van der Waals surface area contributed by atoms with Crippen molar-refractivity contribution in [3.8, 4) is 5.75 Å². The summed E-state index contributed by atoms with van der Waals surface area (Å²) in [5.74, 6) is 0.512. The molecule has 0 saturated carbocycles. The third-order valence-electron chi connectivity index (χ3n) is 5.46. The van der Waals surface area contributed by atoms with Crippen LogP contribution in [0.2, 0.25) is 0 Å². The molecule has 1 N–H and O–H groups in total. The normalized spacial score (nSPS) is 25.3. The van der Waals surface area contributed by atoms with E-state index in [4.69, 9.17) is 4.74 Å². The second-order valence-electron chi connectivity index (χ2n) is 8.27. The number of hydrogen-bond acceptors (Lipinski definition) is 4. The van der Waals surface area contributed by atoms with Gasteiger partial charge in [-0.3, -0.25) is 4.79 Å². The highest BCUT2D eigenvalue weighted by Gasteiger charge is 2.37. The van der Waals surface area contributed by atoms with Crippen LogP contribution in [-0.4, -0.2) is 43.1 Å². The van der Waals surface area contributed by atoms with Crippen LogP contribution in [0.25, 0.3) is 0 Å². The summed E-state index contributed by atoms with van der Waals surface area (Å²) in [5.41, 5.74) is 1.73. The summed E-state index contributed by atoms with van der Waals surface area (Å²) in [5, 5.41) is 3.17. The summed E-state index contributed by atoms with van der Waals surface area (Å²) < 4.78 is 31.9. The highest BCUT2D eigenvalue weighted by atomic mass is 32.2. The number of hydrogen-bond donors (Lipinski definition) is 1. The van der Waals surface area contributed by atoms with Gasteiger partial charge in [-0.05, 0) is 52.2 Å². The number of fused-ring (bicyclic) bond motifs is 1. The zero-order valence-corrected chi connectivity index (χ0v) is 17.4. The molecule has 150 valence electrons. The molecule has 3 rings (SSSR count). The summed E-state index contributed by atoms with van der Waals surface area (Å²) in [4.78, 5) is 12.9. The van der Waals surface area contributed by atoms with E-state index in [0.717, 1.165) is 23.3 Å². The van der Waals surface area contributed by atoms with Gasteiger partial charge in [0.25, 0.3) is 0 Å². The molecule has 2 aliphatic rings. The maximum absolute atomic E-state index is 12.9.